The molecule has 3 aromatic rings. The third kappa shape index (κ3) is 3.88. The molecule has 2 aromatic heterocycles. The molecule has 2 amide bonds. The number of primary amides is 1. The smallest absolute Gasteiger partial charge is 0.275 e. The number of rotatable bonds is 5. The molecule has 9 nitrogen and oxygen atoms in total. The van der Waals surface area contributed by atoms with E-state index >= 15 is 0 Å². The lowest BCUT2D eigenvalue weighted by atomic mass is 10.1. The largest absolute Gasteiger partial charge is 0.364 e. The molecule has 28 heavy (non-hydrogen) atoms. The van der Waals surface area contributed by atoms with Gasteiger partial charge in [-0.2, -0.15) is 5.10 Å². The first-order valence-corrected chi connectivity index (χ1v) is 8.71. The van der Waals surface area contributed by atoms with E-state index in [-0.39, 0.29) is 23.5 Å². The third-order valence-corrected chi connectivity index (χ3v) is 4.05. The number of nitrogens with zero attached hydrogens (tertiary/aromatic N) is 4. The molecule has 0 fully saturated rings. The van der Waals surface area contributed by atoms with Crippen molar-refractivity contribution in [1.82, 2.24) is 19.7 Å². The molecule has 0 saturated carbocycles. The number of carbonyl (C=O) groups excluding carboxylic acids is 2. The number of hydrogen-bond acceptors (Lipinski definition) is 6. The highest BCUT2D eigenvalue weighted by atomic mass is 16.2. The van der Waals surface area contributed by atoms with E-state index in [1.807, 2.05) is 13.8 Å². The predicted octanol–water partition coefficient (Wildman–Crippen LogP) is 1.36. The van der Waals surface area contributed by atoms with Gasteiger partial charge in [0.1, 0.15) is 18.2 Å². The molecule has 0 radical (unpaired) electrons. The minimum Gasteiger partial charge on any atom is -0.364 e. The van der Waals surface area contributed by atoms with Gasteiger partial charge in [0, 0.05) is 23.1 Å². The molecule has 0 aliphatic rings. The summed E-state index contributed by atoms with van der Waals surface area (Å²) in [6.07, 6.45) is 0. The molecule has 0 unspecified atom stereocenters. The number of anilines is 1. The maximum absolute atomic E-state index is 12.6. The Kier molecular flexibility index (Phi) is 5.16. The summed E-state index contributed by atoms with van der Waals surface area (Å²) in [5.41, 5.74) is 5.54. The summed E-state index contributed by atoms with van der Waals surface area (Å²) >= 11 is 0. The van der Waals surface area contributed by atoms with Crippen LogP contribution in [0.3, 0.4) is 0 Å². The fourth-order valence-corrected chi connectivity index (χ4v) is 2.76. The summed E-state index contributed by atoms with van der Waals surface area (Å²) in [6.45, 7) is 5.32. The van der Waals surface area contributed by atoms with Gasteiger partial charge in [-0.3, -0.25) is 14.4 Å². The Bertz CT molecular complexity index is 1140. The lowest BCUT2D eigenvalue weighted by molar-refractivity contribution is -0.117. The number of fused-ring (bicyclic) bond motifs is 1. The Hall–Kier alpha value is -3.62. The van der Waals surface area contributed by atoms with Gasteiger partial charge >= 0.3 is 0 Å². The van der Waals surface area contributed by atoms with Crippen LogP contribution in [0, 0.1) is 6.92 Å². The maximum atomic E-state index is 12.6. The Morgan fingerprint density at radius 2 is 1.86 bits per heavy atom. The molecule has 3 rings (SSSR count). The van der Waals surface area contributed by atoms with Gasteiger partial charge in [0.15, 0.2) is 5.69 Å². The second kappa shape index (κ2) is 7.55. The molecule has 0 aliphatic heterocycles. The van der Waals surface area contributed by atoms with Gasteiger partial charge in [-0.1, -0.05) is 32.0 Å². The molecular weight excluding hydrogens is 360 g/mol. The van der Waals surface area contributed by atoms with Crippen LogP contribution >= 0.6 is 0 Å². The van der Waals surface area contributed by atoms with Crippen LogP contribution in [0.25, 0.3) is 10.8 Å². The quantitative estimate of drug-likeness (QED) is 0.686. The van der Waals surface area contributed by atoms with Crippen molar-refractivity contribution in [3.63, 3.8) is 0 Å². The third-order valence-electron chi connectivity index (χ3n) is 4.05. The maximum Gasteiger partial charge on any atom is 0.275 e. The second-order valence-corrected chi connectivity index (χ2v) is 6.68. The number of carbonyl (C=O) groups is 2. The lowest BCUT2D eigenvalue weighted by Crippen LogP contribution is -2.32. The van der Waals surface area contributed by atoms with E-state index in [9.17, 15) is 14.4 Å². The number of nitrogens with one attached hydrogen (secondary N) is 1. The van der Waals surface area contributed by atoms with Crippen LogP contribution in [0.15, 0.2) is 35.1 Å². The minimum atomic E-state index is -0.779. The number of hydrogen-bond donors (Lipinski definition) is 2. The van der Waals surface area contributed by atoms with Crippen molar-refractivity contribution in [2.75, 3.05) is 5.32 Å². The SMILES string of the molecule is Cc1cc(NC(=O)Cn2nc(C(N)=O)c3ccccc3c2=O)nc(C(C)C)n1. The normalized spacial score (nSPS) is 11.0. The molecule has 3 N–H and O–H groups in total. The summed E-state index contributed by atoms with van der Waals surface area (Å²) in [5.74, 6) is -0.248. The van der Waals surface area contributed by atoms with Gasteiger partial charge in [0.2, 0.25) is 5.91 Å². The molecule has 144 valence electrons. The first-order valence-electron chi connectivity index (χ1n) is 8.71. The van der Waals surface area contributed by atoms with Gasteiger partial charge in [0.05, 0.1) is 5.39 Å². The van der Waals surface area contributed by atoms with Gasteiger partial charge < -0.3 is 11.1 Å². The fourth-order valence-electron chi connectivity index (χ4n) is 2.76. The molecule has 0 saturated heterocycles. The van der Waals surface area contributed by atoms with Crippen LogP contribution in [-0.4, -0.2) is 31.6 Å². The van der Waals surface area contributed by atoms with Crippen LogP contribution in [0.2, 0.25) is 0 Å². The number of aromatic nitrogens is 4. The molecule has 2 heterocycles. The van der Waals surface area contributed by atoms with E-state index in [0.717, 1.165) is 4.68 Å². The molecule has 1 aromatic carbocycles. The summed E-state index contributed by atoms with van der Waals surface area (Å²) < 4.78 is 0.926. The number of amides is 2. The average molecular weight is 380 g/mol. The highest BCUT2D eigenvalue weighted by Gasteiger charge is 2.16. The minimum absolute atomic E-state index is 0.0667. The number of aryl methyl sites for hydroxylation is 1. The number of nitrogens with two attached hydrogens (primary N) is 1. The second-order valence-electron chi connectivity index (χ2n) is 6.68. The van der Waals surface area contributed by atoms with Crippen molar-refractivity contribution in [3.8, 4) is 0 Å². The zero-order valence-electron chi connectivity index (χ0n) is 15.8. The van der Waals surface area contributed by atoms with Gasteiger partial charge in [-0.15, -0.1) is 0 Å². The van der Waals surface area contributed by atoms with Crippen LogP contribution < -0.4 is 16.6 Å². The number of benzene rings is 1. The van der Waals surface area contributed by atoms with Crippen molar-refractivity contribution in [3.05, 3.63) is 57.9 Å². The Labute approximate surface area is 160 Å². The van der Waals surface area contributed by atoms with Crippen LogP contribution in [0.4, 0.5) is 5.82 Å². The standard InChI is InChI=1S/C19H20N6O3/c1-10(2)18-21-11(3)8-14(23-18)22-15(26)9-25-19(28)13-7-5-4-6-12(13)16(24-25)17(20)27/h4-8,10H,9H2,1-3H3,(H2,20,27)(H,21,22,23,26). The van der Waals surface area contributed by atoms with E-state index in [2.05, 4.69) is 20.4 Å². The summed E-state index contributed by atoms with van der Waals surface area (Å²) in [4.78, 5) is 45.4. The van der Waals surface area contributed by atoms with E-state index in [0.29, 0.717) is 22.7 Å². The molecule has 0 bridgehead atoms. The molecule has 0 aliphatic carbocycles. The van der Waals surface area contributed by atoms with Gasteiger partial charge in [-0.05, 0) is 13.0 Å². The van der Waals surface area contributed by atoms with Gasteiger partial charge in [-0.25, -0.2) is 14.6 Å². The van der Waals surface area contributed by atoms with Crippen LogP contribution in [0.1, 0.15) is 41.8 Å². The zero-order valence-corrected chi connectivity index (χ0v) is 15.8. The van der Waals surface area contributed by atoms with E-state index in [4.69, 9.17) is 5.73 Å². The molecule has 0 atom stereocenters. The Morgan fingerprint density at radius 3 is 2.50 bits per heavy atom. The van der Waals surface area contributed by atoms with Crippen molar-refractivity contribution >= 4 is 28.4 Å². The first kappa shape index (κ1) is 19.2. The van der Waals surface area contributed by atoms with Crippen molar-refractivity contribution in [2.45, 2.75) is 33.2 Å². The van der Waals surface area contributed by atoms with Crippen molar-refractivity contribution in [2.24, 2.45) is 5.73 Å². The molecule has 9 heteroatoms. The lowest BCUT2D eigenvalue weighted by Gasteiger charge is -2.11. The van der Waals surface area contributed by atoms with Crippen molar-refractivity contribution in [1.29, 1.82) is 0 Å². The van der Waals surface area contributed by atoms with Gasteiger partial charge in [0.25, 0.3) is 11.5 Å². The molecular formula is C19H20N6O3. The van der Waals surface area contributed by atoms with Crippen LogP contribution in [-0.2, 0) is 11.3 Å². The van der Waals surface area contributed by atoms with Crippen LogP contribution in [0.5, 0.6) is 0 Å². The summed E-state index contributed by atoms with van der Waals surface area (Å²) in [5, 5.41) is 7.24. The highest BCUT2D eigenvalue weighted by molar-refractivity contribution is 6.04. The average Bonchev–Trinajstić information content (AvgIpc) is 2.63. The molecule has 0 spiro atoms. The van der Waals surface area contributed by atoms with E-state index in [1.165, 1.54) is 0 Å². The predicted molar refractivity (Wildman–Crippen MR) is 104 cm³/mol. The van der Waals surface area contributed by atoms with E-state index in [1.54, 1.807) is 37.3 Å². The Balaban J connectivity index is 1.93. The fraction of sp³-hybridized carbons (Fsp3) is 0.263. The zero-order chi connectivity index (χ0) is 20.4. The van der Waals surface area contributed by atoms with E-state index < -0.39 is 17.4 Å². The summed E-state index contributed by atoms with van der Waals surface area (Å²) in [6, 6.07) is 8.12. The Morgan fingerprint density at radius 1 is 1.18 bits per heavy atom. The highest BCUT2D eigenvalue weighted by Crippen LogP contribution is 2.14. The summed E-state index contributed by atoms with van der Waals surface area (Å²) in [7, 11) is 0. The van der Waals surface area contributed by atoms with Crippen molar-refractivity contribution < 1.29 is 9.59 Å². The first-order chi connectivity index (χ1) is 13.3. The topological polar surface area (TPSA) is 133 Å². The monoisotopic (exact) mass is 380 g/mol.